The number of rotatable bonds is 0. The van der Waals surface area contributed by atoms with Crippen molar-refractivity contribution in [3.63, 3.8) is 0 Å². The summed E-state index contributed by atoms with van der Waals surface area (Å²) in [7, 11) is 22.0. The maximum Gasteiger partial charge on any atom is 0.253 e. The quantitative estimate of drug-likeness (QED) is 0.137. The first kappa shape index (κ1) is 86.2. The molecule has 0 bridgehead atoms. The molecule has 147 heavy (non-hydrogen) atoms. The standard InChI is InChI=1S/3C28H21BN2.2C24H19BN2/c1-30-24-12-7-13-25-28(24)29(22-14-18-8-3-5-10-20(18)16-26(22)30)23-15-19-9-4-6-11-21(19)17-27(23)31(25)2;1-30-22-12-7-13-23-28(22)29(26-20-10-5-3-8-18(20)14-16-24(26)30)27-21-11-6-4-9-19(21)15-17-25(27)31(23)2;1-30-23-12-7-13-24-28(23)29(27-21-11-6-5-8-18(21)14-15-25(27)30)22-16-19-9-3-4-10-20(19)17-26(22)31(24)2;1-26-20-13-7-5-11-18(20)25-19-12-6-8-14-21(19)27(2)24-17-10-4-3-9-16(17)15-22(26)23(24)25;1-26-20-11-6-5-10-18(20)25-19-15-14-16-8-3-4-9-17(16)24(19)27(2)22-13-7-12-21(26)23(22)25/h3*3-17H,1-2H3;2*3-15H,1-2H3. The highest BCUT2D eigenvalue weighted by Crippen LogP contribution is 2.48. The van der Waals surface area contributed by atoms with Crippen LogP contribution in [0.15, 0.2) is 431 Å². The van der Waals surface area contributed by atoms with Gasteiger partial charge in [0.2, 0.25) is 0 Å². The van der Waals surface area contributed by atoms with Gasteiger partial charge >= 0.3 is 0 Å². The van der Waals surface area contributed by atoms with Crippen molar-refractivity contribution in [1.82, 2.24) is 0 Å². The van der Waals surface area contributed by atoms with Gasteiger partial charge in [-0.2, -0.15) is 0 Å². The molecule has 10 aliphatic heterocycles. The Kier molecular flexibility index (Phi) is 19.3. The van der Waals surface area contributed by atoms with E-state index in [2.05, 4.69) is 550 Å². The summed E-state index contributed by atoms with van der Waals surface area (Å²) >= 11 is 0. The normalized spacial score (nSPS) is 14.0. The summed E-state index contributed by atoms with van der Waals surface area (Å²) in [5.41, 5.74) is 47.3. The fraction of sp³-hybridized carbons (Fsp3) is 0.0758. The highest BCUT2D eigenvalue weighted by Gasteiger charge is 2.49. The lowest BCUT2D eigenvalue weighted by Crippen LogP contribution is -2.62. The summed E-state index contributed by atoms with van der Waals surface area (Å²) in [4.78, 5) is 23.7. The van der Waals surface area contributed by atoms with E-state index in [9.17, 15) is 0 Å². The zero-order valence-corrected chi connectivity index (χ0v) is 83.9. The first-order valence-corrected chi connectivity index (χ1v) is 51.5. The van der Waals surface area contributed by atoms with Crippen LogP contribution in [0.4, 0.5) is 114 Å². The molecule has 0 saturated heterocycles. The van der Waals surface area contributed by atoms with Gasteiger partial charge < -0.3 is 49.0 Å². The van der Waals surface area contributed by atoms with Crippen LogP contribution in [0.3, 0.4) is 0 Å². The minimum atomic E-state index is 0.209. The molecule has 10 aliphatic rings. The largest absolute Gasteiger partial charge is 0.345 e. The van der Waals surface area contributed by atoms with Crippen LogP contribution in [0, 0.1) is 0 Å². The first-order chi connectivity index (χ1) is 72.2. The maximum atomic E-state index is 2.42. The number of fused-ring (bicyclic) bond motifs is 33. The van der Waals surface area contributed by atoms with E-state index in [0.717, 1.165) is 0 Å². The Morgan fingerprint density at radius 3 is 0.735 bits per heavy atom. The summed E-state index contributed by atoms with van der Waals surface area (Å²) in [5.74, 6) is 0. The van der Waals surface area contributed by atoms with Crippen LogP contribution in [0.25, 0.3) is 86.2 Å². The average molecular weight is 1880 g/mol. The lowest BCUT2D eigenvalue weighted by atomic mass is 9.32. The average Bonchev–Trinajstić information content (AvgIpc) is 0.695. The van der Waals surface area contributed by atoms with Crippen LogP contribution in [-0.2, 0) is 0 Å². The molecule has 23 aromatic rings. The second-order valence-corrected chi connectivity index (χ2v) is 41.3. The van der Waals surface area contributed by atoms with E-state index in [1.165, 1.54) is 282 Å². The van der Waals surface area contributed by atoms with Crippen LogP contribution < -0.4 is 131 Å². The highest BCUT2D eigenvalue weighted by atomic mass is 15.2. The van der Waals surface area contributed by atoms with Crippen molar-refractivity contribution < 1.29 is 0 Å². The van der Waals surface area contributed by atoms with Crippen molar-refractivity contribution in [2.24, 2.45) is 0 Å². The van der Waals surface area contributed by atoms with Crippen LogP contribution in [0.1, 0.15) is 0 Å². The van der Waals surface area contributed by atoms with Gasteiger partial charge in [0, 0.05) is 195 Å². The van der Waals surface area contributed by atoms with Gasteiger partial charge in [-0.1, -0.05) is 322 Å². The molecule has 0 unspecified atom stereocenters. The van der Waals surface area contributed by atoms with Gasteiger partial charge in [0.25, 0.3) is 33.6 Å². The van der Waals surface area contributed by atoms with Gasteiger partial charge in [-0.15, -0.1) is 0 Å². The summed E-state index contributed by atoms with van der Waals surface area (Å²) in [6.07, 6.45) is 0. The molecule has 33 rings (SSSR count). The SMILES string of the molecule is CN1c2cc3ccccc3cc2B2c3c1cccc3N(C)c1ccc3ccccc3c12.CN1c2cc3ccccc3cc2B2c3cc4ccccc4cc3N(C)c3cccc1c32.CN1c2cccc3c2B(c2c1ccc1ccccc21)c1c(ccc2ccccc12)N3C.CN1c2ccccc2B2c3ccc4ccccc4c3N(C)c3cccc1c32.CN1c2ccccc2B2c3ccccc3N(C)c3c2c1cc1ccccc31. The summed E-state index contributed by atoms with van der Waals surface area (Å²) < 4.78 is 0. The van der Waals surface area contributed by atoms with Crippen LogP contribution >= 0.6 is 0 Å². The van der Waals surface area contributed by atoms with Crippen molar-refractivity contribution in [2.75, 3.05) is 119 Å². The third kappa shape index (κ3) is 12.6. The van der Waals surface area contributed by atoms with E-state index >= 15 is 0 Å². The lowest BCUT2D eigenvalue weighted by molar-refractivity contribution is 1.18. The van der Waals surface area contributed by atoms with Gasteiger partial charge in [0.05, 0.1) is 0 Å². The molecule has 0 fully saturated rings. The molecule has 0 spiro atoms. The Hall–Kier alpha value is -17.5. The summed E-state index contributed by atoms with van der Waals surface area (Å²) in [6.45, 7) is 1.22. The topological polar surface area (TPSA) is 32.4 Å². The predicted molar refractivity (Wildman–Crippen MR) is 641 cm³/mol. The second-order valence-electron chi connectivity index (χ2n) is 41.3. The van der Waals surface area contributed by atoms with Gasteiger partial charge in [-0.25, -0.2) is 0 Å². The van der Waals surface area contributed by atoms with Crippen LogP contribution in [0.5, 0.6) is 0 Å². The molecular weight excluding hydrogens is 1780 g/mol. The Labute approximate surface area is 859 Å². The summed E-state index contributed by atoms with van der Waals surface area (Å²) in [5, 5.41) is 21.0. The predicted octanol–water partition coefficient (Wildman–Crippen LogP) is 21.1. The van der Waals surface area contributed by atoms with Crippen molar-refractivity contribution >= 4 is 315 Å². The Balaban J connectivity index is 0.0000000869. The number of hydrogen-bond donors (Lipinski definition) is 0. The van der Waals surface area contributed by atoms with E-state index in [-0.39, 0.29) is 33.6 Å². The molecule has 0 aliphatic carbocycles. The van der Waals surface area contributed by atoms with Gasteiger partial charge in [0.15, 0.2) is 0 Å². The summed E-state index contributed by atoms with van der Waals surface area (Å²) in [6, 6.07) is 158. The van der Waals surface area contributed by atoms with Crippen LogP contribution in [-0.4, -0.2) is 104 Å². The van der Waals surface area contributed by atoms with E-state index in [1.807, 2.05) is 0 Å². The van der Waals surface area contributed by atoms with Gasteiger partial charge in [-0.05, 0) is 267 Å². The maximum absolute atomic E-state index is 2.42. The number of benzene rings is 23. The number of nitrogens with zero attached hydrogens (tertiary/aromatic N) is 10. The second kappa shape index (κ2) is 33.0. The fourth-order valence-corrected chi connectivity index (χ4v) is 27.5. The van der Waals surface area contributed by atoms with E-state index in [4.69, 9.17) is 0 Å². The molecule has 0 amide bonds. The number of para-hydroxylation sites is 3. The van der Waals surface area contributed by atoms with E-state index in [1.54, 1.807) is 0 Å². The zero-order valence-electron chi connectivity index (χ0n) is 83.9. The van der Waals surface area contributed by atoms with Crippen molar-refractivity contribution in [1.29, 1.82) is 0 Å². The zero-order chi connectivity index (χ0) is 98.3. The third-order valence-corrected chi connectivity index (χ3v) is 34.2. The van der Waals surface area contributed by atoms with Crippen molar-refractivity contribution in [3.05, 3.63) is 431 Å². The fourth-order valence-electron chi connectivity index (χ4n) is 27.5. The molecular formula is C132H101B5N10. The Bertz CT molecular complexity index is 9300. The molecule has 0 saturated carbocycles. The molecule has 23 aromatic carbocycles. The molecule has 0 radical (unpaired) electrons. The molecule has 10 nitrogen and oxygen atoms in total. The van der Waals surface area contributed by atoms with Gasteiger partial charge in [-0.3, -0.25) is 0 Å². The molecule has 0 N–H and O–H groups in total. The first-order valence-electron chi connectivity index (χ1n) is 51.5. The molecule has 0 atom stereocenters. The third-order valence-electron chi connectivity index (χ3n) is 34.2. The smallest absolute Gasteiger partial charge is 0.253 e. The van der Waals surface area contributed by atoms with Gasteiger partial charge in [0.1, 0.15) is 0 Å². The lowest BCUT2D eigenvalue weighted by Gasteiger charge is -2.42. The number of hydrogen-bond acceptors (Lipinski definition) is 10. The monoisotopic (exact) mass is 1880 g/mol. The number of anilines is 20. The molecule has 0 aromatic heterocycles. The molecule has 694 valence electrons. The Morgan fingerprint density at radius 1 is 0.116 bits per heavy atom. The van der Waals surface area contributed by atoms with Crippen molar-refractivity contribution in [2.45, 2.75) is 0 Å². The van der Waals surface area contributed by atoms with E-state index in [0.29, 0.717) is 0 Å². The minimum Gasteiger partial charge on any atom is -0.345 e. The minimum absolute atomic E-state index is 0.209. The highest BCUT2D eigenvalue weighted by molar-refractivity contribution is 7.04. The molecule has 15 heteroatoms. The Morgan fingerprint density at radius 2 is 0.340 bits per heavy atom. The molecule has 10 heterocycles. The van der Waals surface area contributed by atoms with Crippen molar-refractivity contribution in [3.8, 4) is 0 Å². The van der Waals surface area contributed by atoms with Crippen LogP contribution in [0.2, 0.25) is 0 Å². The van der Waals surface area contributed by atoms with E-state index < -0.39 is 0 Å².